The number of alkyl halides is 3. The van der Waals surface area contributed by atoms with Crippen LogP contribution in [0.2, 0.25) is 0 Å². The Labute approximate surface area is 109 Å². The third-order valence-corrected chi connectivity index (χ3v) is 3.56. The molecule has 0 spiro atoms. The van der Waals surface area contributed by atoms with Crippen LogP contribution in [0.3, 0.4) is 0 Å². The summed E-state index contributed by atoms with van der Waals surface area (Å²) in [6.07, 6.45) is -1.40. The van der Waals surface area contributed by atoms with Crippen LogP contribution in [0.1, 0.15) is 41.6 Å². The summed E-state index contributed by atoms with van der Waals surface area (Å²) in [4.78, 5) is 12.2. The molecule has 0 saturated heterocycles. The number of Topliss-reactive ketones (excluding diaryl/α,β-unsaturated/α-hetero) is 1. The smallest absolute Gasteiger partial charge is 0.328 e. The maximum atomic E-state index is 12.6. The summed E-state index contributed by atoms with van der Waals surface area (Å²) >= 11 is 0. The molecular formula is C14H16F3NO. The van der Waals surface area contributed by atoms with E-state index in [1.54, 1.807) is 0 Å². The summed E-state index contributed by atoms with van der Waals surface area (Å²) in [6.45, 7) is 0. The Balaban J connectivity index is 2.19. The lowest BCUT2D eigenvalue weighted by Crippen LogP contribution is -2.31. The van der Waals surface area contributed by atoms with E-state index in [1.165, 1.54) is 12.1 Å². The van der Waals surface area contributed by atoms with E-state index < -0.39 is 11.7 Å². The Morgan fingerprint density at radius 2 is 2.00 bits per heavy atom. The molecule has 2 atom stereocenters. The largest absolute Gasteiger partial charge is 0.416 e. The highest BCUT2D eigenvalue weighted by Crippen LogP contribution is 2.31. The third-order valence-electron chi connectivity index (χ3n) is 3.56. The molecule has 0 bridgehead atoms. The molecule has 19 heavy (non-hydrogen) atoms. The zero-order valence-corrected chi connectivity index (χ0v) is 10.4. The molecule has 5 heteroatoms. The molecule has 1 aliphatic rings. The molecule has 2 rings (SSSR count). The van der Waals surface area contributed by atoms with Gasteiger partial charge in [0.25, 0.3) is 0 Å². The molecule has 0 aliphatic heterocycles. The fourth-order valence-electron chi connectivity index (χ4n) is 2.55. The standard InChI is InChI=1S/C14H16F3NO/c15-14(16,17)11-5-1-3-9(7-11)13(19)10-4-2-6-12(18)8-10/h1,3,5,7,10,12H,2,4,6,8,18H2. The summed E-state index contributed by atoms with van der Waals surface area (Å²) in [5, 5.41) is 0. The number of rotatable bonds is 2. The van der Waals surface area contributed by atoms with Gasteiger partial charge in [-0.3, -0.25) is 4.79 Å². The SMILES string of the molecule is NC1CCCC(C(=O)c2cccc(C(F)(F)F)c2)C1. The predicted octanol–water partition coefficient (Wildman–Crippen LogP) is 3.41. The highest BCUT2D eigenvalue weighted by atomic mass is 19.4. The molecule has 0 heterocycles. The molecule has 0 radical (unpaired) electrons. The topological polar surface area (TPSA) is 43.1 Å². The van der Waals surface area contributed by atoms with E-state index in [0.717, 1.165) is 25.0 Å². The predicted molar refractivity (Wildman–Crippen MR) is 65.7 cm³/mol. The van der Waals surface area contributed by atoms with Gasteiger partial charge in [-0.05, 0) is 31.4 Å². The van der Waals surface area contributed by atoms with Crippen molar-refractivity contribution in [3.8, 4) is 0 Å². The van der Waals surface area contributed by atoms with Gasteiger partial charge >= 0.3 is 6.18 Å². The monoisotopic (exact) mass is 271 g/mol. The van der Waals surface area contributed by atoms with Crippen molar-refractivity contribution in [2.75, 3.05) is 0 Å². The molecule has 1 fully saturated rings. The summed E-state index contributed by atoms with van der Waals surface area (Å²) in [5.41, 5.74) is 5.16. The van der Waals surface area contributed by atoms with E-state index in [9.17, 15) is 18.0 Å². The molecule has 1 aromatic rings. The number of carbonyl (C=O) groups excluding carboxylic acids is 1. The normalized spacial score (nSPS) is 24.2. The van der Waals surface area contributed by atoms with E-state index in [1.807, 2.05) is 0 Å². The van der Waals surface area contributed by atoms with Crippen LogP contribution in [-0.4, -0.2) is 11.8 Å². The number of benzene rings is 1. The van der Waals surface area contributed by atoms with Gasteiger partial charge in [0.2, 0.25) is 0 Å². The first-order valence-electron chi connectivity index (χ1n) is 6.35. The molecule has 2 nitrogen and oxygen atoms in total. The zero-order valence-electron chi connectivity index (χ0n) is 10.4. The van der Waals surface area contributed by atoms with Crippen LogP contribution in [0.15, 0.2) is 24.3 Å². The van der Waals surface area contributed by atoms with Crippen molar-refractivity contribution in [3.63, 3.8) is 0 Å². The number of carbonyl (C=O) groups is 1. The second-order valence-electron chi connectivity index (χ2n) is 5.07. The lowest BCUT2D eigenvalue weighted by molar-refractivity contribution is -0.137. The Hall–Kier alpha value is -1.36. The van der Waals surface area contributed by atoms with Gasteiger partial charge < -0.3 is 5.73 Å². The highest BCUT2D eigenvalue weighted by molar-refractivity contribution is 5.98. The molecule has 104 valence electrons. The maximum Gasteiger partial charge on any atom is 0.416 e. The first-order valence-corrected chi connectivity index (χ1v) is 6.35. The van der Waals surface area contributed by atoms with Crippen LogP contribution in [-0.2, 0) is 6.18 Å². The lowest BCUT2D eigenvalue weighted by Gasteiger charge is -2.25. The van der Waals surface area contributed by atoms with Gasteiger partial charge in [-0.25, -0.2) is 0 Å². The van der Waals surface area contributed by atoms with Crippen LogP contribution >= 0.6 is 0 Å². The molecule has 0 amide bonds. The molecular weight excluding hydrogens is 255 g/mol. The van der Waals surface area contributed by atoms with E-state index in [-0.39, 0.29) is 23.3 Å². The minimum Gasteiger partial charge on any atom is -0.328 e. The molecule has 2 N–H and O–H groups in total. The van der Waals surface area contributed by atoms with Gasteiger partial charge in [0.05, 0.1) is 5.56 Å². The van der Waals surface area contributed by atoms with Crippen LogP contribution in [0.5, 0.6) is 0 Å². The van der Waals surface area contributed by atoms with Gasteiger partial charge in [-0.1, -0.05) is 18.6 Å². The molecule has 1 aliphatic carbocycles. The van der Waals surface area contributed by atoms with E-state index in [4.69, 9.17) is 5.73 Å². The number of hydrogen-bond acceptors (Lipinski definition) is 2. The van der Waals surface area contributed by atoms with Crippen LogP contribution in [0.25, 0.3) is 0 Å². The van der Waals surface area contributed by atoms with Crippen LogP contribution in [0.4, 0.5) is 13.2 Å². The molecule has 0 aromatic heterocycles. The second-order valence-corrected chi connectivity index (χ2v) is 5.07. The number of halogens is 3. The van der Waals surface area contributed by atoms with Crippen LogP contribution < -0.4 is 5.73 Å². The maximum absolute atomic E-state index is 12.6. The van der Waals surface area contributed by atoms with Crippen molar-refractivity contribution in [2.45, 2.75) is 37.9 Å². The average molecular weight is 271 g/mol. The minimum absolute atomic E-state index is 0.0199. The van der Waals surface area contributed by atoms with Crippen molar-refractivity contribution < 1.29 is 18.0 Å². The summed E-state index contributed by atoms with van der Waals surface area (Å²) in [6, 6.07) is 4.61. The number of ketones is 1. The zero-order chi connectivity index (χ0) is 14.0. The van der Waals surface area contributed by atoms with Gasteiger partial charge in [-0.2, -0.15) is 13.2 Å². The number of hydrogen-bond donors (Lipinski definition) is 1. The molecule has 1 aromatic carbocycles. The van der Waals surface area contributed by atoms with Crippen molar-refractivity contribution >= 4 is 5.78 Å². The molecule has 1 saturated carbocycles. The van der Waals surface area contributed by atoms with Gasteiger partial charge in [-0.15, -0.1) is 0 Å². The van der Waals surface area contributed by atoms with Gasteiger partial charge in [0.1, 0.15) is 0 Å². The van der Waals surface area contributed by atoms with Crippen molar-refractivity contribution in [2.24, 2.45) is 11.7 Å². The Bertz CT molecular complexity index is 470. The first-order chi connectivity index (χ1) is 8.88. The first kappa shape index (κ1) is 14.1. The molecule has 2 unspecified atom stereocenters. The fourth-order valence-corrected chi connectivity index (χ4v) is 2.55. The Kier molecular flexibility index (Phi) is 3.94. The second kappa shape index (κ2) is 5.33. The Morgan fingerprint density at radius 1 is 1.26 bits per heavy atom. The third kappa shape index (κ3) is 3.35. The van der Waals surface area contributed by atoms with Crippen molar-refractivity contribution in [1.29, 1.82) is 0 Å². The Morgan fingerprint density at radius 3 is 2.63 bits per heavy atom. The summed E-state index contributed by atoms with van der Waals surface area (Å²) in [7, 11) is 0. The number of nitrogens with two attached hydrogens (primary N) is 1. The quantitative estimate of drug-likeness (QED) is 0.838. The van der Waals surface area contributed by atoms with Gasteiger partial charge in [0, 0.05) is 17.5 Å². The van der Waals surface area contributed by atoms with Gasteiger partial charge in [0.15, 0.2) is 5.78 Å². The summed E-state index contributed by atoms with van der Waals surface area (Å²) in [5.74, 6) is -0.464. The van der Waals surface area contributed by atoms with E-state index >= 15 is 0 Å². The lowest BCUT2D eigenvalue weighted by atomic mass is 9.81. The fraction of sp³-hybridized carbons (Fsp3) is 0.500. The van der Waals surface area contributed by atoms with Crippen LogP contribution in [0, 0.1) is 5.92 Å². The minimum atomic E-state index is -4.42. The summed E-state index contributed by atoms with van der Waals surface area (Å²) < 4.78 is 37.8. The highest BCUT2D eigenvalue weighted by Gasteiger charge is 2.32. The van der Waals surface area contributed by atoms with E-state index in [2.05, 4.69) is 0 Å². The van der Waals surface area contributed by atoms with E-state index in [0.29, 0.717) is 12.8 Å². The average Bonchev–Trinajstić information content (AvgIpc) is 2.37. The van der Waals surface area contributed by atoms with Crippen molar-refractivity contribution in [3.05, 3.63) is 35.4 Å². The van der Waals surface area contributed by atoms with Crippen molar-refractivity contribution in [1.82, 2.24) is 0 Å².